The SMILES string of the molecule is CCN=c1cc2oc3cc(NCC)c(C)cc3c(-c3cc(C(=O)NCCNC(=O)c4cccc(OCC(N)OCCOCC(=O)NCC#CC(C)C)c4)ccc3C(=O)O)c-2cc1C. The minimum atomic E-state index is -1.15. The molecule has 0 spiro atoms. The Morgan fingerprint density at radius 3 is 2.32 bits per heavy atom. The highest BCUT2D eigenvalue weighted by atomic mass is 16.6. The van der Waals surface area contributed by atoms with Gasteiger partial charge < -0.3 is 50.7 Å². The Morgan fingerprint density at radius 2 is 1.62 bits per heavy atom. The molecule has 1 heterocycles. The van der Waals surface area contributed by atoms with Crippen molar-refractivity contribution in [1.29, 1.82) is 0 Å². The van der Waals surface area contributed by atoms with Gasteiger partial charge in [0, 0.05) is 77.6 Å². The van der Waals surface area contributed by atoms with E-state index in [1.807, 2.05) is 65.8 Å². The van der Waals surface area contributed by atoms with E-state index in [-0.39, 0.29) is 74.9 Å². The van der Waals surface area contributed by atoms with Crippen molar-refractivity contribution >= 4 is 40.3 Å². The maximum atomic E-state index is 13.6. The van der Waals surface area contributed by atoms with Crippen LogP contribution in [-0.2, 0) is 14.3 Å². The molecule has 3 amide bonds. The molecule has 7 N–H and O–H groups in total. The lowest BCUT2D eigenvalue weighted by atomic mass is 9.88. The number of nitrogens with two attached hydrogens (primary N) is 1. The van der Waals surface area contributed by atoms with Crippen molar-refractivity contribution in [2.24, 2.45) is 16.6 Å². The number of anilines is 1. The van der Waals surface area contributed by atoms with Crippen LogP contribution in [0.3, 0.4) is 0 Å². The number of nitrogens with one attached hydrogen (secondary N) is 4. The average Bonchev–Trinajstić information content (AvgIpc) is 3.25. The second kappa shape index (κ2) is 22.9. The summed E-state index contributed by atoms with van der Waals surface area (Å²) < 4.78 is 23.0. The molecule has 3 aromatic rings. The molecule has 0 bridgehead atoms. The van der Waals surface area contributed by atoms with Gasteiger partial charge in [-0.15, -0.1) is 0 Å². The van der Waals surface area contributed by atoms with E-state index in [1.54, 1.807) is 30.3 Å². The summed E-state index contributed by atoms with van der Waals surface area (Å²) in [6.45, 7) is 13.7. The number of fused-ring (bicyclic) bond motifs is 2. The number of aromatic carboxylic acids is 1. The van der Waals surface area contributed by atoms with E-state index in [1.165, 1.54) is 12.1 Å². The molecule has 0 aromatic heterocycles. The van der Waals surface area contributed by atoms with E-state index in [0.717, 1.165) is 22.2 Å². The van der Waals surface area contributed by atoms with Crippen molar-refractivity contribution < 1.29 is 42.9 Å². The number of amides is 3. The van der Waals surface area contributed by atoms with E-state index in [2.05, 4.69) is 38.1 Å². The summed E-state index contributed by atoms with van der Waals surface area (Å²) in [7, 11) is 0. The Morgan fingerprint density at radius 1 is 0.873 bits per heavy atom. The van der Waals surface area contributed by atoms with Crippen molar-refractivity contribution in [2.45, 2.75) is 47.8 Å². The average molecular weight is 861 g/mol. The van der Waals surface area contributed by atoms with Gasteiger partial charge in [0.2, 0.25) is 5.91 Å². The smallest absolute Gasteiger partial charge is 0.336 e. The Balaban J connectivity index is 1.20. The van der Waals surface area contributed by atoms with Crippen molar-refractivity contribution in [3.05, 3.63) is 99.9 Å². The normalized spacial score (nSPS) is 11.8. The zero-order valence-electron chi connectivity index (χ0n) is 36.6. The molecule has 15 heteroatoms. The van der Waals surface area contributed by atoms with Crippen LogP contribution in [0.4, 0.5) is 5.69 Å². The summed E-state index contributed by atoms with van der Waals surface area (Å²) in [6, 6.07) is 18.7. The summed E-state index contributed by atoms with van der Waals surface area (Å²) in [5, 5.41) is 23.5. The summed E-state index contributed by atoms with van der Waals surface area (Å²) in [4.78, 5) is 55.8. The fourth-order valence-corrected chi connectivity index (χ4v) is 6.66. The molecule has 332 valence electrons. The second-order valence-corrected chi connectivity index (χ2v) is 14.9. The van der Waals surface area contributed by atoms with Crippen LogP contribution in [0.1, 0.15) is 69.9 Å². The van der Waals surface area contributed by atoms with E-state index < -0.39 is 18.1 Å². The Bertz CT molecular complexity index is 2540. The van der Waals surface area contributed by atoms with Crippen molar-refractivity contribution in [2.75, 3.05) is 64.5 Å². The summed E-state index contributed by atoms with van der Waals surface area (Å²) >= 11 is 0. The van der Waals surface area contributed by atoms with Gasteiger partial charge in [-0.1, -0.05) is 31.8 Å². The zero-order valence-corrected chi connectivity index (χ0v) is 36.6. The molecular weight excluding hydrogens is 805 g/mol. The molecule has 0 radical (unpaired) electrons. The number of ether oxygens (including phenoxy) is 3. The highest BCUT2D eigenvalue weighted by Gasteiger charge is 2.24. The third-order valence-corrected chi connectivity index (χ3v) is 9.62. The molecule has 2 aliphatic rings. The lowest BCUT2D eigenvalue weighted by Crippen LogP contribution is -2.34. The first kappa shape index (κ1) is 47.3. The first-order valence-corrected chi connectivity index (χ1v) is 20.9. The predicted molar refractivity (Wildman–Crippen MR) is 242 cm³/mol. The molecule has 1 aliphatic heterocycles. The number of aryl methyl sites for hydroxylation is 2. The zero-order chi connectivity index (χ0) is 45.5. The maximum absolute atomic E-state index is 13.6. The molecule has 1 atom stereocenters. The molecule has 63 heavy (non-hydrogen) atoms. The monoisotopic (exact) mass is 860 g/mol. The van der Waals surface area contributed by atoms with Crippen LogP contribution in [0.25, 0.3) is 33.4 Å². The molecule has 3 aromatic carbocycles. The molecular formula is C48H56N6O9. The van der Waals surface area contributed by atoms with Gasteiger partial charge in [0.05, 0.1) is 30.7 Å². The molecule has 1 unspecified atom stereocenters. The number of carboxylic acids is 1. The number of hydrogen-bond acceptors (Lipinski definition) is 11. The third-order valence-electron chi connectivity index (χ3n) is 9.62. The first-order chi connectivity index (χ1) is 30.3. The van der Waals surface area contributed by atoms with Crippen LogP contribution < -0.4 is 37.1 Å². The summed E-state index contributed by atoms with van der Waals surface area (Å²) in [6.07, 6.45) is -0.784. The Kier molecular flexibility index (Phi) is 17.2. The minimum Gasteiger partial charge on any atom is -0.489 e. The molecule has 0 saturated carbocycles. The molecule has 1 aliphatic carbocycles. The lowest BCUT2D eigenvalue weighted by molar-refractivity contribution is -0.126. The quantitative estimate of drug-likeness (QED) is 0.0249. The number of carbonyl (C=O) groups is 4. The van der Waals surface area contributed by atoms with Gasteiger partial charge in [-0.25, -0.2) is 4.79 Å². The third kappa shape index (κ3) is 13.1. The van der Waals surface area contributed by atoms with Crippen LogP contribution in [0.5, 0.6) is 5.75 Å². The fraction of sp³-hybridized carbons (Fsp3) is 0.354. The maximum Gasteiger partial charge on any atom is 0.336 e. The number of nitrogens with zero attached hydrogens (tertiary/aromatic N) is 1. The van der Waals surface area contributed by atoms with Crippen molar-refractivity contribution in [1.82, 2.24) is 16.0 Å². The Labute approximate surface area is 367 Å². The summed E-state index contributed by atoms with van der Waals surface area (Å²) in [5.74, 6) is 4.73. The van der Waals surface area contributed by atoms with Gasteiger partial charge in [-0.2, -0.15) is 0 Å². The van der Waals surface area contributed by atoms with Gasteiger partial charge in [-0.05, 0) is 92.9 Å². The van der Waals surface area contributed by atoms with E-state index in [9.17, 15) is 24.3 Å². The highest BCUT2D eigenvalue weighted by molar-refractivity contribution is 6.10. The Hall–Kier alpha value is -6.73. The van der Waals surface area contributed by atoms with Gasteiger partial charge in [0.25, 0.3) is 11.8 Å². The van der Waals surface area contributed by atoms with E-state index in [0.29, 0.717) is 57.8 Å². The van der Waals surface area contributed by atoms with E-state index in [4.69, 9.17) is 24.4 Å². The predicted octanol–water partition coefficient (Wildman–Crippen LogP) is 5.50. The second-order valence-electron chi connectivity index (χ2n) is 14.9. The highest BCUT2D eigenvalue weighted by Crippen LogP contribution is 2.43. The van der Waals surface area contributed by atoms with E-state index >= 15 is 0 Å². The van der Waals surface area contributed by atoms with Crippen LogP contribution >= 0.6 is 0 Å². The van der Waals surface area contributed by atoms with Crippen LogP contribution in [-0.4, -0.2) is 94.2 Å². The number of carboxylic acid groups (broad SMARTS) is 1. The van der Waals surface area contributed by atoms with Gasteiger partial charge in [0.1, 0.15) is 36.5 Å². The molecule has 15 nitrogen and oxygen atoms in total. The van der Waals surface area contributed by atoms with Crippen molar-refractivity contribution in [3.8, 4) is 40.0 Å². The first-order valence-electron chi connectivity index (χ1n) is 20.9. The van der Waals surface area contributed by atoms with Gasteiger partial charge in [-0.3, -0.25) is 19.4 Å². The number of hydrogen-bond donors (Lipinski definition) is 6. The fourth-order valence-electron chi connectivity index (χ4n) is 6.66. The topological polar surface area (TPSA) is 216 Å². The minimum absolute atomic E-state index is 0.0000828. The largest absolute Gasteiger partial charge is 0.489 e. The number of benzene rings is 4. The van der Waals surface area contributed by atoms with Crippen LogP contribution in [0, 0.1) is 31.6 Å². The van der Waals surface area contributed by atoms with Crippen molar-refractivity contribution in [3.63, 3.8) is 0 Å². The lowest BCUT2D eigenvalue weighted by Gasteiger charge is -2.20. The standard InChI is InChI=1S/C48H56N6O9/c1-7-50-39-25-41-37(21-30(39)5)45(38-22-31(6)40(51-8-2)26-42(38)63-41)36-24-33(14-15-35(36)48(58)59)47(57)54-18-17-53-46(56)32-12-9-13-34(23-32)62-27-43(49)61-20-19-60-28-44(55)52-16-10-11-29(3)4/h9,12-15,21-26,29,43,50H,7-8,16-20,27-28,49H2,1-6H3,(H,52,55)(H,53,56)(H,54,57)(H,58,59). The summed E-state index contributed by atoms with van der Waals surface area (Å²) in [5.41, 5.74) is 11.5. The number of rotatable bonds is 20. The van der Waals surface area contributed by atoms with Gasteiger partial charge in [0.15, 0.2) is 0 Å². The molecule has 0 saturated heterocycles. The molecule has 5 rings (SSSR count). The number of carbonyl (C=O) groups excluding carboxylic acids is 3. The van der Waals surface area contributed by atoms with Gasteiger partial charge >= 0.3 is 5.97 Å². The van der Waals surface area contributed by atoms with Crippen LogP contribution in [0.2, 0.25) is 0 Å². The molecule has 0 fully saturated rings. The van der Waals surface area contributed by atoms with Crippen LogP contribution in [0.15, 0.2) is 76.1 Å².